The van der Waals surface area contributed by atoms with Gasteiger partial charge in [-0.1, -0.05) is 12.1 Å². The fourth-order valence-corrected chi connectivity index (χ4v) is 9.80. The van der Waals surface area contributed by atoms with Crippen molar-refractivity contribution in [1.29, 1.82) is 0 Å². The number of hydrogen-bond donors (Lipinski definition) is 2. The van der Waals surface area contributed by atoms with Crippen molar-refractivity contribution in [2.75, 3.05) is 56.2 Å². The number of amides is 3. The maximum atomic E-state index is 14.3. The summed E-state index contributed by atoms with van der Waals surface area (Å²) in [4.78, 5) is 47.2. The van der Waals surface area contributed by atoms with Crippen LogP contribution >= 0.6 is 0 Å². The van der Waals surface area contributed by atoms with Crippen LogP contribution in [0.25, 0.3) is 27.7 Å². The van der Waals surface area contributed by atoms with Crippen LogP contribution in [-0.2, 0) is 14.3 Å². The molecule has 17 nitrogen and oxygen atoms in total. The third-order valence-electron chi connectivity index (χ3n) is 13.1. The molecule has 1 unspecified atom stereocenters. The van der Waals surface area contributed by atoms with E-state index in [0.717, 1.165) is 85.9 Å². The summed E-state index contributed by atoms with van der Waals surface area (Å²) < 4.78 is 41.0. The van der Waals surface area contributed by atoms with Crippen LogP contribution < -0.4 is 15.5 Å². The number of aryl methyl sites for hydroxylation is 1. The first-order valence-electron chi connectivity index (χ1n) is 21.6. The Bertz CT molecular complexity index is 2630. The van der Waals surface area contributed by atoms with Gasteiger partial charge in [-0.25, -0.2) is 18.3 Å². The Morgan fingerprint density at radius 2 is 1.71 bits per heavy atom. The molecule has 6 aromatic rings. The predicted molar refractivity (Wildman–Crippen MR) is 224 cm³/mol. The number of anilines is 2. The highest BCUT2D eigenvalue weighted by atomic mass is 19.3. The summed E-state index contributed by atoms with van der Waals surface area (Å²) in [5.74, 6) is 0.0536. The van der Waals surface area contributed by atoms with E-state index in [1.165, 1.54) is 10.7 Å². The Kier molecular flexibility index (Phi) is 10.7. The molecular formula is C43H49F2N13O4. The maximum absolute atomic E-state index is 14.3. The fourth-order valence-electron chi connectivity index (χ4n) is 9.80. The van der Waals surface area contributed by atoms with Crippen LogP contribution in [0.2, 0.25) is 0 Å². The number of carbonyl (C=O) groups is 3. The lowest BCUT2D eigenvalue weighted by molar-refractivity contribution is -0.135. The van der Waals surface area contributed by atoms with E-state index in [0.29, 0.717) is 50.1 Å². The minimum Gasteiger partial charge on any atom is -0.378 e. The van der Waals surface area contributed by atoms with Gasteiger partial charge < -0.3 is 19.9 Å². The van der Waals surface area contributed by atoms with E-state index in [9.17, 15) is 23.2 Å². The van der Waals surface area contributed by atoms with Crippen molar-refractivity contribution in [3.8, 4) is 11.1 Å². The third-order valence-corrected chi connectivity index (χ3v) is 13.1. The van der Waals surface area contributed by atoms with E-state index in [-0.39, 0.29) is 41.6 Å². The van der Waals surface area contributed by atoms with Crippen LogP contribution in [-0.4, -0.2) is 112 Å². The largest absolute Gasteiger partial charge is 0.378 e. The second-order valence-corrected chi connectivity index (χ2v) is 17.0. The van der Waals surface area contributed by atoms with Crippen molar-refractivity contribution < 1.29 is 27.9 Å². The smallest absolute Gasteiger partial charge is 0.284 e. The summed E-state index contributed by atoms with van der Waals surface area (Å²) in [5, 5.41) is 24.2. The third kappa shape index (κ3) is 7.71. The molecule has 0 radical (unpaired) electrons. The lowest BCUT2D eigenvalue weighted by Gasteiger charge is -2.36. The van der Waals surface area contributed by atoms with Gasteiger partial charge in [0.25, 0.3) is 18.2 Å². The first kappa shape index (κ1) is 40.0. The molecule has 8 heterocycles. The summed E-state index contributed by atoms with van der Waals surface area (Å²) in [6, 6.07) is 7.55. The highest BCUT2D eigenvalue weighted by Gasteiger charge is 2.32. The molecule has 5 aromatic heterocycles. The summed E-state index contributed by atoms with van der Waals surface area (Å²) in [6.07, 6.45) is 12.1. The number of benzene rings is 1. The fraction of sp³-hybridized carbons (Fsp3) is 0.488. The number of imide groups is 1. The number of likely N-dealkylation sites (tertiary alicyclic amines) is 1. The van der Waals surface area contributed by atoms with Crippen molar-refractivity contribution in [2.45, 2.75) is 82.8 Å². The predicted octanol–water partition coefficient (Wildman–Crippen LogP) is 5.52. The molecule has 3 aliphatic heterocycles. The minimum absolute atomic E-state index is 0.00366. The SMILES string of the molecule is Cc1nn(C2CCC(=O)NC2=O)c2cccc(-c3cnn(C4CCN(CC5CCC(n6cc(NC(=O)c7cnn8ccc(N9CCOCC9)nc78)c(C(F)F)n6)CC5)CC4)c3)c12. The number of nitrogens with zero attached hydrogens (tertiary/aromatic N) is 11. The number of fused-ring (bicyclic) bond motifs is 2. The Hall–Kier alpha value is -6.08. The summed E-state index contributed by atoms with van der Waals surface area (Å²) in [7, 11) is 0. The zero-order valence-electron chi connectivity index (χ0n) is 34.5. The zero-order valence-corrected chi connectivity index (χ0v) is 34.5. The van der Waals surface area contributed by atoms with E-state index in [2.05, 4.69) is 52.6 Å². The van der Waals surface area contributed by atoms with E-state index in [4.69, 9.17) is 14.9 Å². The van der Waals surface area contributed by atoms with Crippen LogP contribution in [0.1, 0.15) is 97.7 Å². The molecule has 4 fully saturated rings. The van der Waals surface area contributed by atoms with Crippen LogP contribution in [0.3, 0.4) is 0 Å². The summed E-state index contributed by atoms with van der Waals surface area (Å²) in [6.45, 7) is 7.40. The number of morpholine rings is 1. The normalized spacial score (nSPS) is 21.9. The quantitative estimate of drug-likeness (QED) is 0.166. The lowest BCUT2D eigenvalue weighted by Crippen LogP contribution is -2.42. The molecule has 2 N–H and O–H groups in total. The molecule has 0 spiro atoms. The number of hydrogen-bond acceptors (Lipinski definition) is 11. The number of aromatic nitrogens is 9. The Morgan fingerprint density at radius 1 is 0.919 bits per heavy atom. The molecule has 1 aromatic carbocycles. The van der Waals surface area contributed by atoms with Crippen LogP contribution in [0.5, 0.6) is 0 Å². The zero-order chi connectivity index (χ0) is 42.5. The molecule has 1 atom stereocenters. The second kappa shape index (κ2) is 16.7. The molecule has 19 heteroatoms. The molecule has 1 saturated carbocycles. The van der Waals surface area contributed by atoms with Gasteiger partial charge >= 0.3 is 0 Å². The van der Waals surface area contributed by atoms with Gasteiger partial charge in [-0.3, -0.25) is 33.7 Å². The highest BCUT2D eigenvalue weighted by Crippen LogP contribution is 2.38. The Balaban J connectivity index is 0.736. The number of nitrogens with one attached hydrogen (secondary N) is 2. The monoisotopic (exact) mass is 849 g/mol. The average molecular weight is 850 g/mol. The Morgan fingerprint density at radius 3 is 2.48 bits per heavy atom. The molecule has 62 heavy (non-hydrogen) atoms. The maximum Gasteiger partial charge on any atom is 0.284 e. The van der Waals surface area contributed by atoms with Crippen molar-refractivity contribution in [3.63, 3.8) is 0 Å². The highest BCUT2D eigenvalue weighted by molar-refractivity contribution is 6.08. The molecule has 324 valence electrons. The molecule has 0 bridgehead atoms. The van der Waals surface area contributed by atoms with Crippen LogP contribution in [0, 0.1) is 12.8 Å². The minimum atomic E-state index is -2.86. The van der Waals surface area contributed by atoms with Gasteiger partial charge in [-0.2, -0.15) is 20.4 Å². The number of halogens is 2. The first-order valence-corrected chi connectivity index (χ1v) is 21.6. The molecule has 3 amide bonds. The summed E-state index contributed by atoms with van der Waals surface area (Å²) >= 11 is 0. The molecule has 10 rings (SSSR count). The van der Waals surface area contributed by atoms with Crippen molar-refractivity contribution >= 4 is 45.8 Å². The number of alkyl halides is 2. The molecule has 3 saturated heterocycles. The van der Waals surface area contributed by atoms with Gasteiger partial charge in [0.2, 0.25) is 5.91 Å². The van der Waals surface area contributed by atoms with Crippen LogP contribution in [0.15, 0.2) is 55.2 Å². The summed E-state index contributed by atoms with van der Waals surface area (Å²) in [5.41, 5.74) is 3.77. The molecular weight excluding hydrogens is 801 g/mol. The number of carbonyl (C=O) groups excluding carboxylic acids is 3. The van der Waals surface area contributed by atoms with Crippen molar-refractivity contribution in [1.82, 2.24) is 54.2 Å². The average Bonchev–Trinajstić information content (AvgIpc) is 4.10. The van der Waals surface area contributed by atoms with Crippen molar-refractivity contribution in [2.24, 2.45) is 5.92 Å². The number of ether oxygens (including phenoxy) is 1. The van der Waals surface area contributed by atoms with E-state index in [1.807, 2.05) is 31.3 Å². The van der Waals surface area contributed by atoms with Crippen LogP contribution in [0.4, 0.5) is 20.3 Å². The van der Waals surface area contributed by atoms with Gasteiger partial charge in [-0.15, -0.1) is 0 Å². The van der Waals surface area contributed by atoms with E-state index < -0.39 is 24.1 Å². The standard InChI is InChI=1S/C43H49F2N13O4/c1-26-38-31(3-2-4-34(38)58(51-26)35-9-10-37(59)50-43(35)61)28-21-46-56(24-28)30-11-14-53(15-12-30)23-27-5-7-29(8-6-27)57-25-33(39(52-57)40(44)45)48-42(60)32-22-47-55-16-13-36(49-41(32)55)54-17-19-62-20-18-54/h2-4,13,16,21-22,24-25,27,29-30,35,40H,5-12,14-15,17-20,23H2,1H3,(H,48,60)(H,50,59,61). The van der Waals surface area contributed by atoms with Gasteiger partial charge in [0.1, 0.15) is 17.4 Å². The first-order chi connectivity index (χ1) is 30.2. The van der Waals surface area contributed by atoms with Gasteiger partial charge in [0, 0.05) is 68.7 Å². The van der Waals surface area contributed by atoms with E-state index in [1.54, 1.807) is 21.8 Å². The van der Waals surface area contributed by atoms with Gasteiger partial charge in [0.15, 0.2) is 11.3 Å². The number of rotatable bonds is 10. The number of piperidine rings is 2. The van der Waals surface area contributed by atoms with Gasteiger partial charge in [0.05, 0.1) is 54.6 Å². The Labute approximate surface area is 355 Å². The second-order valence-electron chi connectivity index (χ2n) is 17.0. The van der Waals surface area contributed by atoms with Crippen molar-refractivity contribution in [3.05, 3.63) is 72.2 Å². The molecule has 1 aliphatic carbocycles. The topological polar surface area (TPSA) is 175 Å². The molecule has 4 aliphatic rings. The lowest BCUT2D eigenvalue weighted by atomic mass is 9.85. The van der Waals surface area contributed by atoms with Gasteiger partial charge in [-0.05, 0) is 75.5 Å². The van der Waals surface area contributed by atoms with E-state index >= 15 is 0 Å².